The normalized spacial score (nSPS) is 14.1. The molecule has 5 aromatic heterocycles. The molecule has 5 heterocycles. The van der Waals surface area contributed by atoms with Gasteiger partial charge in [-0.25, -0.2) is 0 Å². The zero-order chi connectivity index (χ0) is 46.6. The van der Waals surface area contributed by atoms with Crippen LogP contribution in [0.15, 0.2) is 213 Å². The molecule has 5 aromatic carbocycles. The molecule has 332 valence electrons. The third kappa shape index (κ3) is 8.81. The fraction of sp³-hybridized carbons (Fsp3) is 0.127. The molecule has 4 nitrogen and oxygen atoms in total. The van der Waals surface area contributed by atoms with Gasteiger partial charge in [0.15, 0.2) is 0 Å². The molecule has 11 rings (SSSR count). The van der Waals surface area contributed by atoms with E-state index in [9.17, 15) is 0 Å². The van der Waals surface area contributed by atoms with Crippen LogP contribution in [-0.2, 0) is 6.42 Å². The predicted octanol–water partition coefficient (Wildman–Crippen LogP) is 17.2. The monoisotopic (exact) mass is 898 g/mol. The van der Waals surface area contributed by atoms with Crippen molar-refractivity contribution in [2.24, 2.45) is 11.8 Å². The summed E-state index contributed by atoms with van der Waals surface area (Å²) in [5.74, 6) is 1.06. The van der Waals surface area contributed by atoms with E-state index >= 15 is 0 Å². The molecule has 1 aliphatic carbocycles. The molecule has 0 aliphatic heterocycles. The van der Waals surface area contributed by atoms with Crippen LogP contribution in [0.1, 0.15) is 56.6 Å². The Labute approximate surface area is 403 Å². The Hall–Kier alpha value is -7.73. The quantitative estimate of drug-likeness (QED) is 0.128. The van der Waals surface area contributed by atoms with E-state index in [1.165, 1.54) is 69.9 Å². The number of hydrogen-bond acceptors (Lipinski definition) is 4. The summed E-state index contributed by atoms with van der Waals surface area (Å²) in [6.45, 7) is 12.9. The number of nitrogens with zero attached hydrogens (tertiary/aromatic N) is 4. The van der Waals surface area contributed by atoms with Crippen molar-refractivity contribution in [3.05, 3.63) is 236 Å². The Morgan fingerprint density at radius 1 is 0.676 bits per heavy atom. The van der Waals surface area contributed by atoms with E-state index in [4.69, 9.17) is 9.97 Å². The Morgan fingerprint density at radius 3 is 2.00 bits per heavy atom. The van der Waals surface area contributed by atoms with Crippen LogP contribution >= 0.6 is 11.3 Å². The van der Waals surface area contributed by atoms with E-state index in [1.807, 2.05) is 73.3 Å². The number of thiophene rings is 1. The maximum atomic E-state index is 4.83. The lowest BCUT2D eigenvalue weighted by atomic mass is 9.83. The Morgan fingerprint density at radius 2 is 1.32 bits per heavy atom. The predicted molar refractivity (Wildman–Crippen MR) is 292 cm³/mol. The average Bonchev–Trinajstić information content (AvgIpc) is 3.91. The summed E-state index contributed by atoms with van der Waals surface area (Å²) in [6, 6.07) is 54.7. The molecule has 0 fully saturated rings. The number of allylic oxidation sites excluding steroid dienone is 9. The third-order valence-corrected chi connectivity index (χ3v) is 14.0. The SMILES string of the molecule is C=C/C(=C\C=C/C)c1ccc2sc3ccc(-n4c5ccc(C6=C(c7ccccn7)C(C)CC=C6)cc5c5cc(-c6ccccc6-c6ccccn6)ccc54)cc3c2c1.CC(C)Cc1ccccn1. The van der Waals surface area contributed by atoms with Crippen LogP contribution in [0.3, 0.4) is 0 Å². The lowest BCUT2D eigenvalue weighted by Gasteiger charge is -2.22. The number of aromatic nitrogens is 4. The molecule has 0 bridgehead atoms. The van der Waals surface area contributed by atoms with Crippen molar-refractivity contribution in [1.29, 1.82) is 0 Å². The highest BCUT2D eigenvalue weighted by Crippen LogP contribution is 2.43. The highest BCUT2D eigenvalue weighted by molar-refractivity contribution is 7.25. The van der Waals surface area contributed by atoms with Gasteiger partial charge >= 0.3 is 0 Å². The first kappa shape index (κ1) is 44.1. The third-order valence-electron chi connectivity index (χ3n) is 12.8. The van der Waals surface area contributed by atoms with Gasteiger partial charge in [0.25, 0.3) is 0 Å². The molecule has 1 aliphatic rings. The number of rotatable bonds is 10. The molecule has 5 heteroatoms. The fourth-order valence-electron chi connectivity index (χ4n) is 9.65. The van der Waals surface area contributed by atoms with Crippen molar-refractivity contribution < 1.29 is 0 Å². The van der Waals surface area contributed by atoms with Gasteiger partial charge in [-0.3, -0.25) is 15.0 Å². The maximum Gasteiger partial charge on any atom is 0.0708 e. The van der Waals surface area contributed by atoms with Gasteiger partial charge in [0, 0.05) is 66.5 Å². The number of fused-ring (bicyclic) bond motifs is 6. The van der Waals surface area contributed by atoms with Crippen molar-refractivity contribution in [2.45, 2.75) is 40.5 Å². The number of hydrogen-bond donors (Lipinski definition) is 0. The number of pyridine rings is 3. The van der Waals surface area contributed by atoms with Gasteiger partial charge in [-0.1, -0.05) is 124 Å². The summed E-state index contributed by atoms with van der Waals surface area (Å²) in [5.41, 5.74) is 16.1. The fourth-order valence-corrected chi connectivity index (χ4v) is 10.7. The van der Waals surface area contributed by atoms with Crippen LogP contribution in [0.4, 0.5) is 0 Å². The molecule has 10 aromatic rings. The van der Waals surface area contributed by atoms with Gasteiger partial charge < -0.3 is 4.57 Å². The zero-order valence-corrected chi connectivity index (χ0v) is 39.9. The Balaban J connectivity index is 0.000000481. The summed E-state index contributed by atoms with van der Waals surface area (Å²) in [7, 11) is 0. The summed E-state index contributed by atoms with van der Waals surface area (Å²) < 4.78 is 5.00. The summed E-state index contributed by atoms with van der Waals surface area (Å²) in [5, 5.41) is 4.94. The van der Waals surface area contributed by atoms with E-state index in [0.717, 1.165) is 52.2 Å². The minimum absolute atomic E-state index is 0.357. The molecule has 1 unspecified atom stereocenters. The topological polar surface area (TPSA) is 43.6 Å². The van der Waals surface area contributed by atoms with Gasteiger partial charge in [0.2, 0.25) is 0 Å². The summed E-state index contributed by atoms with van der Waals surface area (Å²) >= 11 is 1.85. The van der Waals surface area contributed by atoms with E-state index in [-0.39, 0.29) is 0 Å². The highest BCUT2D eigenvalue weighted by atomic mass is 32.1. The van der Waals surface area contributed by atoms with Crippen LogP contribution < -0.4 is 0 Å². The van der Waals surface area contributed by atoms with E-state index in [2.05, 4.69) is 189 Å². The maximum absolute atomic E-state index is 4.83. The van der Waals surface area contributed by atoms with Gasteiger partial charge in [0.05, 0.1) is 22.4 Å². The molecule has 0 saturated carbocycles. The van der Waals surface area contributed by atoms with Crippen LogP contribution in [0.2, 0.25) is 0 Å². The first-order valence-corrected chi connectivity index (χ1v) is 24.4. The highest BCUT2D eigenvalue weighted by Gasteiger charge is 2.22. The lowest BCUT2D eigenvalue weighted by Crippen LogP contribution is -2.06. The standard InChI is InChI=1S/C54H41N3S.C9H13N/c1-4-6-15-36(5-2)37-23-27-52-46(31-37)47-34-40(24-28-53(47)58-52)57-50-25-21-38(41-16-7-8-17-43(41)48-19-9-11-29-55-48)32-44(50)45-33-39(22-26-51(45)57)42-18-13-14-35(3)54(42)49-20-10-12-30-56-49;1-8(2)7-9-5-3-4-6-10-9/h4-13,15-35H,2,14H2,1,3H3;3-6,8H,7H2,1-2H3/b6-4-,36-15+;. The van der Waals surface area contributed by atoms with Crippen LogP contribution in [0.25, 0.3) is 86.8 Å². The van der Waals surface area contributed by atoms with Crippen molar-refractivity contribution in [1.82, 2.24) is 19.5 Å². The van der Waals surface area contributed by atoms with Crippen LogP contribution in [-0.4, -0.2) is 19.5 Å². The zero-order valence-electron chi connectivity index (χ0n) is 39.1. The lowest BCUT2D eigenvalue weighted by molar-refractivity contribution is 0.635. The minimum atomic E-state index is 0.357. The molecule has 0 amide bonds. The van der Waals surface area contributed by atoms with Gasteiger partial charge in [-0.05, 0) is 162 Å². The second-order valence-electron chi connectivity index (χ2n) is 17.9. The van der Waals surface area contributed by atoms with Gasteiger partial charge in [-0.2, -0.15) is 0 Å². The minimum Gasteiger partial charge on any atom is -0.309 e. The van der Waals surface area contributed by atoms with E-state index < -0.39 is 0 Å². The van der Waals surface area contributed by atoms with Gasteiger partial charge in [-0.15, -0.1) is 11.3 Å². The molecule has 68 heavy (non-hydrogen) atoms. The average molecular weight is 899 g/mol. The molecule has 1 atom stereocenters. The Kier molecular flexibility index (Phi) is 12.7. The second-order valence-corrected chi connectivity index (χ2v) is 19.0. The van der Waals surface area contributed by atoms with Crippen molar-refractivity contribution in [3.63, 3.8) is 0 Å². The number of benzene rings is 5. The van der Waals surface area contributed by atoms with E-state index in [1.54, 1.807) is 0 Å². The summed E-state index contributed by atoms with van der Waals surface area (Å²) in [4.78, 5) is 13.8. The van der Waals surface area contributed by atoms with Crippen LogP contribution in [0.5, 0.6) is 0 Å². The van der Waals surface area contributed by atoms with Crippen molar-refractivity contribution >= 4 is 70.0 Å². The smallest absolute Gasteiger partial charge is 0.0708 e. The summed E-state index contributed by atoms with van der Waals surface area (Å²) in [6.07, 6.45) is 20.5. The van der Waals surface area contributed by atoms with Crippen molar-refractivity contribution in [3.8, 4) is 28.1 Å². The first-order chi connectivity index (χ1) is 33.4. The molecule has 0 spiro atoms. The first-order valence-electron chi connectivity index (χ1n) is 23.6. The molecule has 0 radical (unpaired) electrons. The molecule has 0 saturated heterocycles. The second kappa shape index (κ2) is 19.6. The van der Waals surface area contributed by atoms with Crippen molar-refractivity contribution in [2.75, 3.05) is 0 Å². The molecular weight excluding hydrogens is 845 g/mol. The van der Waals surface area contributed by atoms with Crippen LogP contribution in [0, 0.1) is 11.8 Å². The largest absolute Gasteiger partial charge is 0.309 e. The van der Waals surface area contributed by atoms with E-state index in [0.29, 0.717) is 11.8 Å². The Bertz CT molecular complexity index is 3570. The molecule has 0 N–H and O–H groups in total. The van der Waals surface area contributed by atoms with Gasteiger partial charge in [0.1, 0.15) is 0 Å². The molecular formula is C63H54N4S.